The Labute approximate surface area is 135 Å². The van der Waals surface area contributed by atoms with Crippen LogP contribution in [-0.2, 0) is 5.41 Å². The summed E-state index contributed by atoms with van der Waals surface area (Å²) in [5.74, 6) is 0. The van der Waals surface area contributed by atoms with E-state index in [1.807, 2.05) is 0 Å². The topological polar surface area (TPSA) is 12.0 Å². The van der Waals surface area contributed by atoms with Gasteiger partial charge in [0.25, 0.3) is 0 Å². The Bertz CT molecular complexity index is 660. The maximum atomic E-state index is 3.75. The molecule has 1 nitrogen and oxygen atoms in total. The lowest BCUT2D eigenvalue weighted by Gasteiger charge is -2.38. The molecule has 0 fully saturated rings. The van der Waals surface area contributed by atoms with E-state index in [1.54, 1.807) is 0 Å². The molecule has 2 aromatic carbocycles. The van der Waals surface area contributed by atoms with Crippen LogP contribution in [0.25, 0.3) is 0 Å². The second-order valence-electron chi connectivity index (χ2n) is 6.67. The number of fused-ring (bicyclic) bond motifs is 1. The van der Waals surface area contributed by atoms with Crippen LogP contribution in [0, 0.1) is 6.92 Å². The molecule has 3 rings (SSSR count). The molecule has 2 aromatic rings. The van der Waals surface area contributed by atoms with Crippen molar-refractivity contribution in [1.82, 2.24) is 0 Å². The Morgan fingerprint density at radius 1 is 1.14 bits per heavy atom. The van der Waals surface area contributed by atoms with Gasteiger partial charge in [-0.2, -0.15) is 0 Å². The highest BCUT2D eigenvalue weighted by molar-refractivity contribution is 9.10. The predicted octanol–water partition coefficient (Wildman–Crippen LogP) is 5.98. The lowest BCUT2D eigenvalue weighted by atomic mass is 9.71. The third-order valence-corrected chi connectivity index (χ3v) is 5.15. The van der Waals surface area contributed by atoms with Crippen LogP contribution in [0.15, 0.2) is 46.9 Å². The standard InChI is InChI=1S/C19H22BrN/c1-13-8-9-14(20)12-18(13)21-17-10-11-19(2,3)16-7-5-4-6-15(16)17/h4-9,12,17,21H,10-11H2,1-3H3. The van der Waals surface area contributed by atoms with Crippen LogP contribution in [0.4, 0.5) is 5.69 Å². The smallest absolute Gasteiger partial charge is 0.0517 e. The zero-order valence-electron chi connectivity index (χ0n) is 12.9. The molecule has 1 aliphatic rings. The Morgan fingerprint density at radius 2 is 1.90 bits per heavy atom. The van der Waals surface area contributed by atoms with Gasteiger partial charge in [-0.1, -0.05) is 60.1 Å². The molecule has 1 aliphatic carbocycles. The number of halogens is 1. The summed E-state index contributed by atoms with van der Waals surface area (Å²) in [5.41, 5.74) is 5.74. The van der Waals surface area contributed by atoms with Gasteiger partial charge in [-0.05, 0) is 54.0 Å². The molecule has 1 unspecified atom stereocenters. The first kappa shape index (κ1) is 14.6. The number of hydrogen-bond acceptors (Lipinski definition) is 1. The summed E-state index contributed by atoms with van der Waals surface area (Å²) in [6, 6.07) is 15.7. The number of anilines is 1. The van der Waals surface area contributed by atoms with Crippen LogP contribution in [0.2, 0.25) is 0 Å². The lowest BCUT2D eigenvalue weighted by Crippen LogP contribution is -2.29. The van der Waals surface area contributed by atoms with E-state index in [-0.39, 0.29) is 5.41 Å². The Morgan fingerprint density at radius 3 is 2.71 bits per heavy atom. The second-order valence-corrected chi connectivity index (χ2v) is 7.58. The highest BCUT2D eigenvalue weighted by atomic mass is 79.9. The summed E-state index contributed by atoms with van der Waals surface area (Å²) in [7, 11) is 0. The first-order valence-electron chi connectivity index (χ1n) is 7.59. The summed E-state index contributed by atoms with van der Waals surface area (Å²) in [5, 5.41) is 3.75. The van der Waals surface area contributed by atoms with Gasteiger partial charge in [0.15, 0.2) is 0 Å². The van der Waals surface area contributed by atoms with E-state index in [0.29, 0.717) is 6.04 Å². The van der Waals surface area contributed by atoms with Crippen LogP contribution in [0.5, 0.6) is 0 Å². The van der Waals surface area contributed by atoms with Gasteiger partial charge >= 0.3 is 0 Å². The second kappa shape index (κ2) is 5.49. The number of rotatable bonds is 2. The lowest BCUT2D eigenvalue weighted by molar-refractivity contribution is 0.406. The van der Waals surface area contributed by atoms with Gasteiger partial charge in [-0.25, -0.2) is 0 Å². The van der Waals surface area contributed by atoms with Crippen molar-refractivity contribution in [1.29, 1.82) is 0 Å². The fourth-order valence-corrected chi connectivity index (χ4v) is 3.66. The van der Waals surface area contributed by atoms with Crippen molar-refractivity contribution in [3.63, 3.8) is 0 Å². The summed E-state index contributed by atoms with van der Waals surface area (Å²) in [6.07, 6.45) is 2.39. The zero-order valence-corrected chi connectivity index (χ0v) is 14.5. The number of nitrogens with one attached hydrogen (secondary N) is 1. The summed E-state index contributed by atoms with van der Waals surface area (Å²) in [4.78, 5) is 0. The Kier molecular flexibility index (Phi) is 3.83. The van der Waals surface area contributed by atoms with Crippen LogP contribution < -0.4 is 5.32 Å². The van der Waals surface area contributed by atoms with Gasteiger partial charge in [0, 0.05) is 10.2 Å². The fraction of sp³-hybridized carbons (Fsp3) is 0.368. The molecule has 0 amide bonds. The molecule has 2 heteroatoms. The third-order valence-electron chi connectivity index (χ3n) is 4.65. The molecule has 0 saturated carbocycles. The monoisotopic (exact) mass is 343 g/mol. The van der Waals surface area contributed by atoms with Crippen LogP contribution >= 0.6 is 15.9 Å². The van der Waals surface area contributed by atoms with Crippen LogP contribution in [-0.4, -0.2) is 0 Å². The maximum absolute atomic E-state index is 3.75. The van der Waals surface area contributed by atoms with Crippen molar-refractivity contribution < 1.29 is 0 Å². The third kappa shape index (κ3) is 2.87. The van der Waals surface area contributed by atoms with E-state index in [0.717, 1.165) is 4.47 Å². The van der Waals surface area contributed by atoms with Crippen molar-refractivity contribution in [3.05, 3.63) is 63.6 Å². The number of benzene rings is 2. The molecule has 0 radical (unpaired) electrons. The minimum absolute atomic E-state index is 0.279. The van der Waals surface area contributed by atoms with E-state index in [4.69, 9.17) is 0 Å². The van der Waals surface area contributed by atoms with Crippen molar-refractivity contribution in [2.45, 2.75) is 45.1 Å². The quantitative estimate of drug-likeness (QED) is 0.706. The van der Waals surface area contributed by atoms with Crippen LogP contribution in [0.1, 0.15) is 49.4 Å². The Hall–Kier alpha value is -1.28. The summed E-state index contributed by atoms with van der Waals surface area (Å²) in [6.45, 7) is 6.87. The van der Waals surface area contributed by atoms with Gasteiger partial charge in [-0.3, -0.25) is 0 Å². The van der Waals surface area contributed by atoms with E-state index in [9.17, 15) is 0 Å². The van der Waals surface area contributed by atoms with Crippen LogP contribution in [0.3, 0.4) is 0 Å². The molecule has 110 valence electrons. The summed E-state index contributed by atoms with van der Waals surface area (Å²) >= 11 is 3.57. The summed E-state index contributed by atoms with van der Waals surface area (Å²) < 4.78 is 1.13. The van der Waals surface area contributed by atoms with E-state index in [1.165, 1.54) is 35.2 Å². The first-order chi connectivity index (χ1) is 9.97. The van der Waals surface area contributed by atoms with E-state index >= 15 is 0 Å². The van der Waals surface area contributed by atoms with E-state index < -0.39 is 0 Å². The molecule has 0 aromatic heterocycles. The zero-order chi connectivity index (χ0) is 15.0. The number of aryl methyl sites for hydroxylation is 1. The molecule has 0 spiro atoms. The largest absolute Gasteiger partial charge is 0.378 e. The predicted molar refractivity (Wildman–Crippen MR) is 93.9 cm³/mol. The van der Waals surface area contributed by atoms with Gasteiger partial charge < -0.3 is 5.32 Å². The molecular formula is C19H22BrN. The molecule has 0 saturated heterocycles. The minimum atomic E-state index is 0.279. The van der Waals surface area contributed by atoms with Gasteiger partial charge in [0.1, 0.15) is 0 Å². The number of hydrogen-bond donors (Lipinski definition) is 1. The molecule has 0 bridgehead atoms. The molecule has 0 heterocycles. The molecule has 1 N–H and O–H groups in total. The maximum Gasteiger partial charge on any atom is 0.0517 e. The Balaban J connectivity index is 1.96. The molecule has 0 aliphatic heterocycles. The molecular weight excluding hydrogens is 322 g/mol. The molecule has 21 heavy (non-hydrogen) atoms. The van der Waals surface area contributed by atoms with E-state index in [2.05, 4.69) is 84.5 Å². The van der Waals surface area contributed by atoms with Crippen molar-refractivity contribution in [2.75, 3.05) is 5.32 Å². The average Bonchev–Trinajstić information content (AvgIpc) is 2.46. The van der Waals surface area contributed by atoms with Crippen molar-refractivity contribution in [3.8, 4) is 0 Å². The van der Waals surface area contributed by atoms with Crippen molar-refractivity contribution in [2.24, 2.45) is 0 Å². The SMILES string of the molecule is Cc1ccc(Br)cc1NC1CCC(C)(C)c2ccccc21. The molecule has 1 atom stereocenters. The fourth-order valence-electron chi connectivity index (χ4n) is 3.30. The van der Waals surface area contributed by atoms with Gasteiger partial charge in [-0.15, -0.1) is 0 Å². The van der Waals surface area contributed by atoms with Gasteiger partial charge in [0.05, 0.1) is 6.04 Å². The highest BCUT2D eigenvalue weighted by Crippen LogP contribution is 2.43. The minimum Gasteiger partial charge on any atom is -0.378 e. The van der Waals surface area contributed by atoms with Crippen molar-refractivity contribution >= 4 is 21.6 Å². The highest BCUT2D eigenvalue weighted by Gasteiger charge is 2.32. The average molecular weight is 344 g/mol. The van der Waals surface area contributed by atoms with Gasteiger partial charge in [0.2, 0.25) is 0 Å². The first-order valence-corrected chi connectivity index (χ1v) is 8.39. The normalized spacial score (nSPS) is 19.9.